The Labute approximate surface area is 117 Å². The van der Waals surface area contributed by atoms with Crippen molar-refractivity contribution >= 4 is 17.7 Å². The number of carbonyl (C=O) groups excluding carboxylic acids is 2. The molecule has 1 aromatic rings. The zero-order valence-corrected chi connectivity index (χ0v) is 11.8. The molecule has 2 heterocycles. The van der Waals surface area contributed by atoms with Crippen LogP contribution < -0.4 is 5.73 Å². The quantitative estimate of drug-likeness (QED) is 0.810. The summed E-state index contributed by atoms with van der Waals surface area (Å²) in [6, 6.07) is 0. The Hall–Kier alpha value is -2.05. The van der Waals surface area contributed by atoms with Crippen molar-refractivity contribution < 1.29 is 14.3 Å². The molecule has 0 spiro atoms. The van der Waals surface area contributed by atoms with Gasteiger partial charge in [0.15, 0.2) is 0 Å². The van der Waals surface area contributed by atoms with Gasteiger partial charge in [0.25, 0.3) is 5.91 Å². The van der Waals surface area contributed by atoms with E-state index in [1.807, 2.05) is 0 Å². The number of esters is 1. The average molecular weight is 280 g/mol. The number of carbonyl (C=O) groups is 2. The predicted octanol–water partition coefficient (Wildman–Crippen LogP) is 0.418. The van der Waals surface area contributed by atoms with Crippen LogP contribution in [0.4, 0.5) is 5.82 Å². The van der Waals surface area contributed by atoms with Crippen LogP contribution in [0.25, 0.3) is 0 Å². The van der Waals surface area contributed by atoms with Gasteiger partial charge in [-0.05, 0) is 19.8 Å². The van der Waals surface area contributed by atoms with Crippen LogP contribution in [0.5, 0.6) is 0 Å². The number of piperidine rings is 1. The van der Waals surface area contributed by atoms with Crippen molar-refractivity contribution in [1.82, 2.24) is 14.7 Å². The van der Waals surface area contributed by atoms with Crippen molar-refractivity contribution in [2.45, 2.75) is 19.8 Å². The van der Waals surface area contributed by atoms with E-state index >= 15 is 0 Å². The summed E-state index contributed by atoms with van der Waals surface area (Å²) >= 11 is 0. The van der Waals surface area contributed by atoms with E-state index in [1.165, 1.54) is 10.9 Å². The third kappa shape index (κ3) is 2.76. The van der Waals surface area contributed by atoms with Gasteiger partial charge < -0.3 is 15.4 Å². The van der Waals surface area contributed by atoms with Crippen LogP contribution in [0.1, 0.15) is 30.1 Å². The number of nitrogens with two attached hydrogens (primary N) is 1. The SMILES string of the molecule is CCOC(=O)C1CCCN(C(=O)c2cnn(C)c2N)C1. The Balaban J connectivity index is 2.07. The van der Waals surface area contributed by atoms with E-state index in [9.17, 15) is 9.59 Å². The number of rotatable bonds is 3. The smallest absolute Gasteiger partial charge is 0.310 e. The lowest BCUT2D eigenvalue weighted by atomic mass is 9.97. The van der Waals surface area contributed by atoms with Gasteiger partial charge in [0.05, 0.1) is 18.7 Å². The molecule has 0 saturated carbocycles. The fourth-order valence-electron chi connectivity index (χ4n) is 2.40. The third-order valence-corrected chi connectivity index (χ3v) is 3.54. The minimum absolute atomic E-state index is 0.176. The zero-order valence-electron chi connectivity index (χ0n) is 11.8. The molecular formula is C13H20N4O3. The van der Waals surface area contributed by atoms with Crippen molar-refractivity contribution in [1.29, 1.82) is 0 Å². The lowest BCUT2D eigenvalue weighted by Crippen LogP contribution is -2.43. The lowest BCUT2D eigenvalue weighted by Gasteiger charge is -2.31. The Morgan fingerprint density at radius 2 is 2.30 bits per heavy atom. The first-order chi connectivity index (χ1) is 9.54. The van der Waals surface area contributed by atoms with Gasteiger partial charge in [0.1, 0.15) is 11.4 Å². The first kappa shape index (κ1) is 14.4. The average Bonchev–Trinajstić information content (AvgIpc) is 2.79. The number of hydrogen-bond donors (Lipinski definition) is 1. The van der Waals surface area contributed by atoms with Gasteiger partial charge in [0.2, 0.25) is 0 Å². The van der Waals surface area contributed by atoms with Crippen LogP contribution in [-0.2, 0) is 16.6 Å². The number of nitrogens with zero attached hydrogens (tertiary/aromatic N) is 3. The molecule has 110 valence electrons. The van der Waals surface area contributed by atoms with Crippen molar-refractivity contribution in [3.8, 4) is 0 Å². The second-order valence-electron chi connectivity index (χ2n) is 4.91. The van der Waals surface area contributed by atoms with Crippen molar-refractivity contribution in [3.63, 3.8) is 0 Å². The van der Waals surface area contributed by atoms with E-state index in [0.29, 0.717) is 31.1 Å². The summed E-state index contributed by atoms with van der Waals surface area (Å²) in [6.07, 6.45) is 3.01. The van der Waals surface area contributed by atoms with Crippen LogP contribution in [0, 0.1) is 5.92 Å². The van der Waals surface area contributed by atoms with Crippen LogP contribution >= 0.6 is 0 Å². The highest BCUT2D eigenvalue weighted by Crippen LogP contribution is 2.21. The van der Waals surface area contributed by atoms with E-state index in [-0.39, 0.29) is 17.8 Å². The van der Waals surface area contributed by atoms with Crippen molar-refractivity contribution in [2.24, 2.45) is 13.0 Å². The maximum Gasteiger partial charge on any atom is 0.310 e. The number of nitrogen functional groups attached to an aromatic ring is 1. The summed E-state index contributed by atoms with van der Waals surface area (Å²) in [4.78, 5) is 25.8. The minimum atomic E-state index is -0.245. The molecule has 0 aliphatic carbocycles. The second kappa shape index (κ2) is 5.94. The highest BCUT2D eigenvalue weighted by atomic mass is 16.5. The molecular weight excluding hydrogens is 260 g/mol. The van der Waals surface area contributed by atoms with E-state index in [0.717, 1.165) is 12.8 Å². The van der Waals surface area contributed by atoms with E-state index in [2.05, 4.69) is 5.10 Å². The number of likely N-dealkylation sites (tertiary alicyclic amines) is 1. The third-order valence-electron chi connectivity index (χ3n) is 3.54. The molecule has 1 fully saturated rings. The molecule has 2 rings (SSSR count). The number of hydrogen-bond acceptors (Lipinski definition) is 5. The number of amides is 1. The summed E-state index contributed by atoms with van der Waals surface area (Å²) < 4.78 is 6.48. The lowest BCUT2D eigenvalue weighted by molar-refractivity contribution is -0.149. The molecule has 1 aliphatic rings. The molecule has 20 heavy (non-hydrogen) atoms. The van der Waals surface area contributed by atoms with Crippen molar-refractivity contribution in [2.75, 3.05) is 25.4 Å². The van der Waals surface area contributed by atoms with Crippen LogP contribution in [0.3, 0.4) is 0 Å². The fraction of sp³-hybridized carbons (Fsp3) is 0.615. The molecule has 0 aromatic carbocycles. The molecule has 1 atom stereocenters. The molecule has 0 radical (unpaired) electrons. The maximum atomic E-state index is 12.4. The highest BCUT2D eigenvalue weighted by Gasteiger charge is 2.31. The van der Waals surface area contributed by atoms with Gasteiger partial charge in [-0.15, -0.1) is 0 Å². The molecule has 7 nitrogen and oxygen atoms in total. The summed E-state index contributed by atoms with van der Waals surface area (Å²) in [7, 11) is 1.68. The minimum Gasteiger partial charge on any atom is -0.466 e. The molecule has 1 aromatic heterocycles. The molecule has 0 bridgehead atoms. The summed E-state index contributed by atoms with van der Waals surface area (Å²) in [5.41, 5.74) is 6.20. The van der Waals surface area contributed by atoms with Gasteiger partial charge in [-0.1, -0.05) is 0 Å². The molecule has 7 heteroatoms. The van der Waals surface area contributed by atoms with E-state index in [4.69, 9.17) is 10.5 Å². The fourth-order valence-corrected chi connectivity index (χ4v) is 2.40. The predicted molar refractivity (Wildman–Crippen MR) is 72.9 cm³/mol. The van der Waals surface area contributed by atoms with Crippen LogP contribution in [0.15, 0.2) is 6.20 Å². The van der Waals surface area contributed by atoms with Crippen LogP contribution in [-0.4, -0.2) is 46.3 Å². The molecule has 1 aliphatic heterocycles. The monoisotopic (exact) mass is 280 g/mol. The zero-order chi connectivity index (χ0) is 14.7. The van der Waals surface area contributed by atoms with E-state index < -0.39 is 0 Å². The first-order valence-electron chi connectivity index (χ1n) is 6.78. The second-order valence-corrected chi connectivity index (χ2v) is 4.91. The molecule has 2 N–H and O–H groups in total. The number of aryl methyl sites for hydroxylation is 1. The first-order valence-corrected chi connectivity index (χ1v) is 6.78. The normalized spacial score (nSPS) is 18.9. The number of ether oxygens (including phenoxy) is 1. The topological polar surface area (TPSA) is 90.5 Å². The van der Waals surface area contributed by atoms with Gasteiger partial charge in [-0.2, -0.15) is 5.10 Å². The standard InChI is InChI=1S/C13H20N4O3/c1-3-20-13(19)9-5-4-6-17(8-9)12(18)10-7-15-16(2)11(10)14/h7,9H,3-6,8,14H2,1-2H3. The Bertz CT molecular complexity index is 512. The van der Waals surface area contributed by atoms with Gasteiger partial charge in [-0.25, -0.2) is 0 Å². The van der Waals surface area contributed by atoms with Crippen LogP contribution in [0.2, 0.25) is 0 Å². The van der Waals surface area contributed by atoms with Gasteiger partial charge >= 0.3 is 5.97 Å². The summed E-state index contributed by atoms with van der Waals surface area (Å²) in [5.74, 6) is -0.312. The van der Waals surface area contributed by atoms with Gasteiger partial charge in [-0.3, -0.25) is 14.3 Å². The number of anilines is 1. The molecule has 1 saturated heterocycles. The Kier molecular flexibility index (Phi) is 4.26. The van der Waals surface area contributed by atoms with E-state index in [1.54, 1.807) is 18.9 Å². The highest BCUT2D eigenvalue weighted by molar-refractivity contribution is 5.98. The summed E-state index contributed by atoms with van der Waals surface area (Å²) in [5, 5.41) is 3.97. The summed E-state index contributed by atoms with van der Waals surface area (Å²) in [6.45, 7) is 3.15. The Morgan fingerprint density at radius 1 is 1.55 bits per heavy atom. The molecule has 1 amide bonds. The van der Waals surface area contributed by atoms with Crippen molar-refractivity contribution in [3.05, 3.63) is 11.8 Å². The maximum absolute atomic E-state index is 12.4. The largest absolute Gasteiger partial charge is 0.466 e. The Morgan fingerprint density at radius 3 is 2.90 bits per heavy atom. The number of aromatic nitrogens is 2. The van der Waals surface area contributed by atoms with Gasteiger partial charge in [0, 0.05) is 20.1 Å². The molecule has 1 unspecified atom stereocenters.